The molecule has 1 aromatic rings. The Morgan fingerprint density at radius 1 is 1.62 bits per heavy atom. The minimum atomic E-state index is -0.226. The predicted molar refractivity (Wildman–Crippen MR) is 49.1 cm³/mol. The van der Waals surface area contributed by atoms with Crippen LogP contribution in [0.2, 0.25) is 0 Å². The molecule has 0 spiro atoms. The van der Waals surface area contributed by atoms with Crippen LogP contribution in [0.15, 0.2) is 6.07 Å². The average molecular weight is 175 g/mol. The minimum Gasteiger partial charge on any atom is -0.271 e. The Hall–Kier alpha value is -1.30. The van der Waals surface area contributed by atoms with Crippen molar-refractivity contribution in [1.82, 2.24) is 9.78 Å². The van der Waals surface area contributed by atoms with Crippen molar-refractivity contribution in [2.45, 2.75) is 31.6 Å². The van der Waals surface area contributed by atoms with Gasteiger partial charge in [0.2, 0.25) is 0 Å². The minimum absolute atomic E-state index is 0.226. The second-order valence-corrected chi connectivity index (χ2v) is 3.84. The molecule has 2 rings (SSSR count). The SMILES string of the molecule is Cc1cc(C2(C#N)CCC2)n(C)n1. The first-order valence-electron chi connectivity index (χ1n) is 4.60. The highest BCUT2D eigenvalue weighted by atomic mass is 15.3. The maximum atomic E-state index is 9.13. The van der Waals surface area contributed by atoms with E-state index in [4.69, 9.17) is 5.26 Å². The topological polar surface area (TPSA) is 41.6 Å². The molecule has 0 radical (unpaired) electrons. The molecule has 1 heterocycles. The highest BCUT2D eigenvalue weighted by Crippen LogP contribution is 2.42. The molecule has 0 saturated heterocycles. The quantitative estimate of drug-likeness (QED) is 0.651. The number of rotatable bonds is 1. The molecule has 0 amide bonds. The highest BCUT2D eigenvalue weighted by Gasteiger charge is 2.41. The van der Waals surface area contributed by atoms with E-state index in [1.54, 1.807) is 0 Å². The van der Waals surface area contributed by atoms with Crippen molar-refractivity contribution in [3.63, 3.8) is 0 Å². The third-order valence-corrected chi connectivity index (χ3v) is 2.91. The standard InChI is InChI=1S/C10H13N3/c1-8-6-9(13(2)12-8)10(7-11)4-3-5-10/h6H,3-5H2,1-2H3. The van der Waals surface area contributed by atoms with Gasteiger partial charge in [-0.05, 0) is 32.3 Å². The van der Waals surface area contributed by atoms with Gasteiger partial charge in [0.1, 0.15) is 0 Å². The first-order chi connectivity index (χ1) is 6.18. The Bertz CT molecular complexity index is 366. The molecule has 0 unspecified atom stereocenters. The molecule has 1 aliphatic carbocycles. The molecule has 3 nitrogen and oxygen atoms in total. The summed E-state index contributed by atoms with van der Waals surface area (Å²) in [6.07, 6.45) is 3.14. The zero-order valence-electron chi connectivity index (χ0n) is 8.04. The number of aromatic nitrogens is 2. The van der Waals surface area contributed by atoms with Gasteiger partial charge in [-0.2, -0.15) is 10.4 Å². The maximum Gasteiger partial charge on any atom is 0.0990 e. The summed E-state index contributed by atoms with van der Waals surface area (Å²) in [5.41, 5.74) is 1.86. The van der Waals surface area contributed by atoms with Crippen molar-refractivity contribution in [3.8, 4) is 6.07 Å². The van der Waals surface area contributed by atoms with Crippen LogP contribution in [0.4, 0.5) is 0 Å². The van der Waals surface area contributed by atoms with Crippen LogP contribution in [-0.4, -0.2) is 9.78 Å². The molecular formula is C10H13N3. The van der Waals surface area contributed by atoms with Crippen molar-refractivity contribution in [2.75, 3.05) is 0 Å². The molecule has 0 atom stereocenters. The van der Waals surface area contributed by atoms with Crippen LogP contribution in [0.1, 0.15) is 30.7 Å². The Morgan fingerprint density at radius 2 is 2.31 bits per heavy atom. The predicted octanol–water partition coefficient (Wildman–Crippen LogP) is 1.67. The molecule has 3 heteroatoms. The number of nitriles is 1. The molecule has 0 aliphatic heterocycles. The molecule has 0 N–H and O–H groups in total. The normalized spacial score (nSPS) is 19.2. The molecule has 0 aromatic carbocycles. The first kappa shape index (κ1) is 8.31. The van der Waals surface area contributed by atoms with E-state index < -0.39 is 0 Å². The van der Waals surface area contributed by atoms with E-state index in [0.717, 1.165) is 30.7 Å². The van der Waals surface area contributed by atoms with Gasteiger partial charge in [0.25, 0.3) is 0 Å². The summed E-state index contributed by atoms with van der Waals surface area (Å²) in [6.45, 7) is 1.97. The smallest absolute Gasteiger partial charge is 0.0990 e. The molecular weight excluding hydrogens is 162 g/mol. The third-order valence-electron chi connectivity index (χ3n) is 2.91. The Morgan fingerprint density at radius 3 is 2.62 bits per heavy atom. The largest absolute Gasteiger partial charge is 0.271 e. The van der Waals surface area contributed by atoms with Crippen LogP contribution in [0.25, 0.3) is 0 Å². The lowest BCUT2D eigenvalue weighted by Crippen LogP contribution is -2.34. The lowest BCUT2D eigenvalue weighted by atomic mass is 9.67. The van der Waals surface area contributed by atoms with Gasteiger partial charge in [-0.25, -0.2) is 0 Å². The van der Waals surface area contributed by atoms with E-state index in [1.807, 2.05) is 24.7 Å². The average Bonchev–Trinajstić information content (AvgIpc) is 2.30. The molecule has 1 fully saturated rings. The summed E-state index contributed by atoms with van der Waals surface area (Å²) < 4.78 is 1.84. The summed E-state index contributed by atoms with van der Waals surface area (Å²) in [7, 11) is 1.92. The fraction of sp³-hybridized carbons (Fsp3) is 0.600. The zero-order chi connectivity index (χ0) is 9.47. The van der Waals surface area contributed by atoms with Crippen molar-refractivity contribution >= 4 is 0 Å². The number of hydrogen-bond acceptors (Lipinski definition) is 2. The molecule has 1 aliphatic rings. The maximum absolute atomic E-state index is 9.13. The number of hydrogen-bond donors (Lipinski definition) is 0. The summed E-state index contributed by atoms with van der Waals surface area (Å²) in [5, 5.41) is 13.4. The summed E-state index contributed by atoms with van der Waals surface area (Å²) in [4.78, 5) is 0. The van der Waals surface area contributed by atoms with Gasteiger partial charge in [-0.3, -0.25) is 4.68 Å². The number of aryl methyl sites for hydroxylation is 2. The molecule has 1 saturated carbocycles. The molecule has 13 heavy (non-hydrogen) atoms. The van der Waals surface area contributed by atoms with Crippen molar-refractivity contribution in [1.29, 1.82) is 5.26 Å². The van der Waals surface area contributed by atoms with Gasteiger partial charge in [0.05, 0.1) is 22.9 Å². The van der Waals surface area contributed by atoms with Gasteiger partial charge in [0, 0.05) is 7.05 Å². The fourth-order valence-corrected chi connectivity index (χ4v) is 2.01. The second-order valence-electron chi connectivity index (χ2n) is 3.84. The van der Waals surface area contributed by atoms with Crippen LogP contribution in [-0.2, 0) is 12.5 Å². The van der Waals surface area contributed by atoms with Crippen LogP contribution >= 0.6 is 0 Å². The van der Waals surface area contributed by atoms with E-state index >= 15 is 0 Å². The highest BCUT2D eigenvalue weighted by molar-refractivity contribution is 5.31. The van der Waals surface area contributed by atoms with E-state index in [2.05, 4.69) is 11.2 Å². The fourth-order valence-electron chi connectivity index (χ4n) is 2.01. The van der Waals surface area contributed by atoms with Crippen LogP contribution in [0.5, 0.6) is 0 Å². The van der Waals surface area contributed by atoms with Crippen LogP contribution < -0.4 is 0 Å². The van der Waals surface area contributed by atoms with Gasteiger partial charge in [-0.1, -0.05) is 0 Å². The van der Waals surface area contributed by atoms with Crippen LogP contribution in [0, 0.1) is 18.3 Å². The molecule has 0 bridgehead atoms. The van der Waals surface area contributed by atoms with E-state index in [-0.39, 0.29) is 5.41 Å². The third kappa shape index (κ3) is 1.06. The lowest BCUT2D eigenvalue weighted by molar-refractivity contribution is 0.305. The summed E-state index contributed by atoms with van der Waals surface area (Å²) >= 11 is 0. The Labute approximate surface area is 78.0 Å². The molecule has 1 aromatic heterocycles. The van der Waals surface area contributed by atoms with Gasteiger partial charge in [0.15, 0.2) is 0 Å². The Kier molecular flexibility index (Phi) is 1.66. The van der Waals surface area contributed by atoms with E-state index in [1.165, 1.54) is 0 Å². The second kappa shape index (κ2) is 2.59. The number of nitrogens with zero attached hydrogens (tertiary/aromatic N) is 3. The van der Waals surface area contributed by atoms with Crippen molar-refractivity contribution in [2.24, 2.45) is 7.05 Å². The van der Waals surface area contributed by atoms with Crippen LogP contribution in [0.3, 0.4) is 0 Å². The van der Waals surface area contributed by atoms with Crippen molar-refractivity contribution in [3.05, 3.63) is 17.5 Å². The van der Waals surface area contributed by atoms with Gasteiger partial charge >= 0.3 is 0 Å². The Balaban J connectivity index is 2.45. The molecule has 68 valence electrons. The first-order valence-corrected chi connectivity index (χ1v) is 4.60. The van der Waals surface area contributed by atoms with E-state index in [9.17, 15) is 0 Å². The van der Waals surface area contributed by atoms with E-state index in [0.29, 0.717) is 0 Å². The monoisotopic (exact) mass is 175 g/mol. The van der Waals surface area contributed by atoms with Crippen molar-refractivity contribution < 1.29 is 0 Å². The van der Waals surface area contributed by atoms with Gasteiger partial charge < -0.3 is 0 Å². The summed E-state index contributed by atoms with van der Waals surface area (Å²) in [5.74, 6) is 0. The zero-order valence-corrected chi connectivity index (χ0v) is 8.04. The van der Waals surface area contributed by atoms with Gasteiger partial charge in [-0.15, -0.1) is 0 Å². The summed E-state index contributed by atoms with van der Waals surface area (Å²) in [6, 6.07) is 4.45. The lowest BCUT2D eigenvalue weighted by Gasteiger charge is -2.34.